The average Bonchev–Trinajstić information content (AvgIpc) is 3.32. The zero-order valence-corrected chi connectivity index (χ0v) is 19.9. The number of hydrogen-bond acceptors (Lipinski definition) is 5. The quantitative estimate of drug-likeness (QED) is 0.353. The molecule has 156 valence electrons. The zero-order chi connectivity index (χ0) is 21.5. The molecule has 0 aliphatic heterocycles. The topological polar surface area (TPSA) is 73.0 Å². The molecule has 0 atom stereocenters. The molecule has 0 spiro atoms. The Morgan fingerprint density at radius 2 is 1.80 bits per heavy atom. The summed E-state index contributed by atoms with van der Waals surface area (Å²) in [6.45, 7) is 3.62. The first-order valence-corrected chi connectivity index (χ1v) is 11.9. The van der Waals surface area contributed by atoms with Crippen LogP contribution in [0.15, 0.2) is 60.0 Å². The molecule has 0 aliphatic rings. The van der Waals surface area contributed by atoms with Crippen molar-refractivity contribution in [3.05, 3.63) is 64.3 Å². The fourth-order valence-electron chi connectivity index (χ4n) is 3.14. The minimum atomic E-state index is -3.72. The Morgan fingerprint density at radius 3 is 2.50 bits per heavy atom. The first-order valence-electron chi connectivity index (χ1n) is 9.42. The molecule has 0 saturated heterocycles. The van der Waals surface area contributed by atoms with Crippen LogP contribution in [0.1, 0.15) is 5.56 Å². The molecule has 1 aromatic carbocycles. The summed E-state index contributed by atoms with van der Waals surface area (Å²) in [4.78, 5) is 6.86. The van der Waals surface area contributed by atoms with Crippen molar-refractivity contribution in [1.29, 1.82) is 0 Å². The Kier molecular flexibility index (Phi) is 5.69. The van der Waals surface area contributed by atoms with Crippen LogP contribution >= 0.6 is 22.6 Å². The minimum Gasteiger partial charge on any atom is -0.308 e. The van der Waals surface area contributed by atoms with Gasteiger partial charge in [0.15, 0.2) is 5.65 Å². The van der Waals surface area contributed by atoms with Gasteiger partial charge in [0.1, 0.15) is 0 Å². The summed E-state index contributed by atoms with van der Waals surface area (Å²) < 4.78 is 30.3. The second kappa shape index (κ2) is 8.12. The van der Waals surface area contributed by atoms with E-state index in [4.69, 9.17) is 0 Å². The van der Waals surface area contributed by atoms with Crippen molar-refractivity contribution in [2.45, 2.75) is 18.4 Å². The minimum absolute atomic E-state index is 0.245. The van der Waals surface area contributed by atoms with E-state index in [1.165, 1.54) is 3.97 Å². The number of rotatable bonds is 6. The molecule has 9 heteroatoms. The van der Waals surface area contributed by atoms with Crippen LogP contribution in [0.25, 0.3) is 22.2 Å². The molecule has 0 N–H and O–H groups in total. The van der Waals surface area contributed by atoms with Crippen molar-refractivity contribution in [3.8, 4) is 11.1 Å². The number of pyridine rings is 1. The summed E-state index contributed by atoms with van der Waals surface area (Å²) in [6.07, 6.45) is 7.12. The lowest BCUT2D eigenvalue weighted by atomic mass is 10.1. The molecular weight excluding hydrogens is 513 g/mol. The largest absolute Gasteiger partial charge is 0.308 e. The van der Waals surface area contributed by atoms with Crippen LogP contribution < -0.4 is 0 Å². The van der Waals surface area contributed by atoms with E-state index in [1.807, 2.05) is 44.2 Å². The van der Waals surface area contributed by atoms with E-state index >= 15 is 0 Å². The zero-order valence-electron chi connectivity index (χ0n) is 16.9. The Labute approximate surface area is 189 Å². The summed E-state index contributed by atoms with van der Waals surface area (Å²) in [5, 5.41) is 5.21. The third-order valence-electron chi connectivity index (χ3n) is 4.88. The molecule has 0 saturated carbocycles. The SMILES string of the molecule is Cc1ccc(S(=O)(=O)n2cc(I)c3cc(-c4cnn(CCN(C)C)c4)cnc32)cc1. The van der Waals surface area contributed by atoms with Crippen molar-refractivity contribution in [2.24, 2.45) is 0 Å². The standard InChI is InChI=1S/C21H22IN5O2S/c1-15-4-6-18(7-5-15)30(28,29)27-14-20(22)19-10-16(11-23-21(19)27)17-12-24-26(13-17)9-8-25(2)3/h4-7,10-14H,8-9H2,1-3H3. The van der Waals surface area contributed by atoms with Crippen LogP contribution in [0, 0.1) is 10.5 Å². The lowest BCUT2D eigenvalue weighted by Gasteiger charge is -2.08. The summed E-state index contributed by atoms with van der Waals surface area (Å²) in [6, 6.07) is 8.81. The van der Waals surface area contributed by atoms with Gasteiger partial charge in [-0.05, 0) is 61.8 Å². The summed E-state index contributed by atoms with van der Waals surface area (Å²) in [5.74, 6) is 0. The smallest absolute Gasteiger partial charge is 0.269 e. The number of nitrogens with zero attached hydrogens (tertiary/aromatic N) is 5. The summed E-state index contributed by atoms with van der Waals surface area (Å²) >= 11 is 2.15. The molecule has 3 aromatic heterocycles. The molecule has 3 heterocycles. The van der Waals surface area contributed by atoms with Crippen LogP contribution in [0.4, 0.5) is 0 Å². The molecule has 0 radical (unpaired) electrons. The molecule has 7 nitrogen and oxygen atoms in total. The highest BCUT2D eigenvalue weighted by Gasteiger charge is 2.22. The summed E-state index contributed by atoms with van der Waals surface area (Å²) in [5.41, 5.74) is 3.29. The molecule has 0 amide bonds. The Bertz CT molecular complexity index is 1310. The van der Waals surface area contributed by atoms with E-state index in [0.29, 0.717) is 5.65 Å². The van der Waals surface area contributed by atoms with Gasteiger partial charge in [-0.25, -0.2) is 17.4 Å². The highest BCUT2D eigenvalue weighted by molar-refractivity contribution is 14.1. The maximum Gasteiger partial charge on any atom is 0.269 e. The Hall–Kier alpha value is -2.24. The number of hydrogen-bond donors (Lipinski definition) is 0. The number of fused-ring (bicyclic) bond motifs is 1. The predicted octanol–water partition coefficient (Wildman–Crippen LogP) is 3.61. The van der Waals surface area contributed by atoms with Gasteiger partial charge >= 0.3 is 0 Å². The maximum atomic E-state index is 13.2. The Morgan fingerprint density at radius 1 is 1.07 bits per heavy atom. The van der Waals surface area contributed by atoms with Crippen LogP contribution in [0.5, 0.6) is 0 Å². The number of halogens is 1. The van der Waals surface area contributed by atoms with E-state index in [9.17, 15) is 8.42 Å². The molecule has 0 unspecified atom stereocenters. The van der Waals surface area contributed by atoms with Gasteiger partial charge in [-0.3, -0.25) is 4.68 Å². The van der Waals surface area contributed by atoms with Gasteiger partial charge in [-0.2, -0.15) is 5.10 Å². The predicted molar refractivity (Wildman–Crippen MR) is 126 cm³/mol. The van der Waals surface area contributed by atoms with Crippen LogP contribution in [-0.4, -0.2) is 52.7 Å². The van der Waals surface area contributed by atoms with Gasteiger partial charge in [-0.15, -0.1) is 0 Å². The fourth-order valence-corrected chi connectivity index (χ4v) is 5.33. The van der Waals surface area contributed by atoms with Gasteiger partial charge in [-0.1, -0.05) is 17.7 Å². The number of likely N-dealkylation sites (N-methyl/N-ethyl adjacent to an activating group) is 1. The van der Waals surface area contributed by atoms with Crippen molar-refractivity contribution >= 4 is 43.6 Å². The molecule has 0 bridgehead atoms. The van der Waals surface area contributed by atoms with Crippen LogP contribution in [-0.2, 0) is 16.6 Å². The van der Waals surface area contributed by atoms with Crippen molar-refractivity contribution in [2.75, 3.05) is 20.6 Å². The van der Waals surface area contributed by atoms with Gasteiger partial charge in [0.05, 0.1) is 17.6 Å². The second-order valence-corrected chi connectivity index (χ2v) is 10.5. The monoisotopic (exact) mass is 535 g/mol. The first-order chi connectivity index (χ1) is 14.3. The molecule has 0 fully saturated rings. The fraction of sp³-hybridized carbons (Fsp3) is 0.238. The van der Waals surface area contributed by atoms with E-state index in [0.717, 1.165) is 38.7 Å². The number of benzene rings is 1. The van der Waals surface area contributed by atoms with Crippen molar-refractivity contribution in [1.82, 2.24) is 23.6 Å². The Balaban J connectivity index is 1.72. The maximum absolute atomic E-state index is 13.2. The van der Waals surface area contributed by atoms with Gasteiger partial charge in [0.25, 0.3) is 10.0 Å². The normalized spacial score (nSPS) is 12.2. The van der Waals surface area contributed by atoms with E-state index < -0.39 is 10.0 Å². The summed E-state index contributed by atoms with van der Waals surface area (Å²) in [7, 11) is 0.332. The number of aromatic nitrogens is 4. The van der Waals surface area contributed by atoms with Gasteiger partial charge in [0.2, 0.25) is 0 Å². The van der Waals surface area contributed by atoms with Crippen molar-refractivity contribution in [3.63, 3.8) is 0 Å². The lowest BCUT2D eigenvalue weighted by molar-refractivity contribution is 0.373. The van der Waals surface area contributed by atoms with Crippen LogP contribution in [0.2, 0.25) is 0 Å². The lowest BCUT2D eigenvalue weighted by Crippen LogP contribution is -2.18. The van der Waals surface area contributed by atoms with E-state index in [-0.39, 0.29) is 4.90 Å². The van der Waals surface area contributed by atoms with Gasteiger partial charge < -0.3 is 4.90 Å². The van der Waals surface area contributed by atoms with Crippen molar-refractivity contribution < 1.29 is 8.42 Å². The second-order valence-electron chi connectivity index (χ2n) is 7.48. The average molecular weight is 535 g/mol. The first kappa shape index (κ1) is 21.0. The molecule has 4 aromatic rings. The highest BCUT2D eigenvalue weighted by atomic mass is 127. The molecule has 4 rings (SSSR count). The van der Waals surface area contributed by atoms with E-state index in [2.05, 4.69) is 37.6 Å². The molecule has 0 aliphatic carbocycles. The molecular formula is C21H22IN5O2S. The highest BCUT2D eigenvalue weighted by Crippen LogP contribution is 2.29. The van der Waals surface area contributed by atoms with Gasteiger partial charge in [0, 0.05) is 45.2 Å². The number of aryl methyl sites for hydroxylation is 1. The third-order valence-corrected chi connectivity index (χ3v) is 7.41. The molecule has 30 heavy (non-hydrogen) atoms. The van der Waals surface area contributed by atoms with E-state index in [1.54, 1.807) is 36.7 Å². The third kappa shape index (κ3) is 4.01. The van der Waals surface area contributed by atoms with Crippen LogP contribution in [0.3, 0.4) is 0 Å².